The van der Waals surface area contributed by atoms with E-state index in [1.54, 1.807) is 6.20 Å². The van der Waals surface area contributed by atoms with Gasteiger partial charge in [-0.05, 0) is 37.3 Å². The van der Waals surface area contributed by atoms with Gasteiger partial charge in [0.25, 0.3) is 0 Å². The predicted octanol–water partition coefficient (Wildman–Crippen LogP) is 1.42. The first kappa shape index (κ1) is 17.9. The number of carbonyl (C=O) groups is 2. The van der Waals surface area contributed by atoms with Gasteiger partial charge in [-0.3, -0.25) is 19.5 Å². The molecule has 2 amide bonds. The number of pyridine rings is 1. The summed E-state index contributed by atoms with van der Waals surface area (Å²) in [5.74, 6) is 0.723. The molecule has 6 heteroatoms. The van der Waals surface area contributed by atoms with E-state index in [1.165, 1.54) is 12.8 Å². The van der Waals surface area contributed by atoms with E-state index >= 15 is 0 Å². The van der Waals surface area contributed by atoms with E-state index in [9.17, 15) is 9.59 Å². The summed E-state index contributed by atoms with van der Waals surface area (Å²) in [6, 6.07) is 5.39. The van der Waals surface area contributed by atoms with Gasteiger partial charge in [-0.2, -0.15) is 0 Å². The number of nitrogens with zero attached hydrogens (tertiary/aromatic N) is 3. The Hall–Kier alpha value is -1.95. The summed E-state index contributed by atoms with van der Waals surface area (Å²) in [5, 5.41) is 2.91. The maximum Gasteiger partial charge on any atom is 0.237 e. The molecule has 2 heterocycles. The van der Waals surface area contributed by atoms with Crippen LogP contribution in [0.5, 0.6) is 0 Å². The van der Waals surface area contributed by atoms with Gasteiger partial charge in [0.2, 0.25) is 11.8 Å². The van der Waals surface area contributed by atoms with Crippen LogP contribution in [0.2, 0.25) is 0 Å². The maximum atomic E-state index is 12.8. The van der Waals surface area contributed by atoms with Crippen LogP contribution in [0.1, 0.15) is 38.3 Å². The fourth-order valence-electron chi connectivity index (χ4n) is 3.37. The molecule has 1 aromatic heterocycles. The van der Waals surface area contributed by atoms with E-state index in [0.717, 1.165) is 31.7 Å². The molecule has 3 rings (SSSR count). The van der Waals surface area contributed by atoms with Gasteiger partial charge in [-0.25, -0.2) is 0 Å². The number of carbonyl (C=O) groups excluding carboxylic acids is 2. The Labute approximate surface area is 149 Å². The van der Waals surface area contributed by atoms with E-state index < -0.39 is 6.04 Å². The predicted molar refractivity (Wildman–Crippen MR) is 95.7 cm³/mol. The second-order valence-corrected chi connectivity index (χ2v) is 7.09. The Morgan fingerprint density at radius 1 is 1.40 bits per heavy atom. The van der Waals surface area contributed by atoms with Crippen molar-refractivity contribution in [1.82, 2.24) is 20.1 Å². The number of aromatic nitrogens is 1. The van der Waals surface area contributed by atoms with Crippen molar-refractivity contribution in [2.24, 2.45) is 5.92 Å². The van der Waals surface area contributed by atoms with Crippen molar-refractivity contribution >= 4 is 11.8 Å². The minimum absolute atomic E-state index is 0.0431. The standard InChI is InChI=1S/C19H28N4O2/c1-2-10-23(13-15-6-7-15)18(24)12-17-19(25)21-9-11-22(17)14-16-5-3-4-8-20-16/h3-5,8,15,17H,2,6-7,9-14H2,1H3,(H,21,25)/t17-/m1/s1. The highest BCUT2D eigenvalue weighted by Gasteiger charge is 2.34. The van der Waals surface area contributed by atoms with Crippen LogP contribution in [0, 0.1) is 5.92 Å². The molecule has 0 unspecified atom stereocenters. The van der Waals surface area contributed by atoms with Crippen LogP contribution < -0.4 is 5.32 Å². The molecule has 1 aliphatic carbocycles. The second-order valence-electron chi connectivity index (χ2n) is 7.09. The third-order valence-corrected chi connectivity index (χ3v) is 4.92. The van der Waals surface area contributed by atoms with Gasteiger partial charge >= 0.3 is 0 Å². The molecule has 136 valence electrons. The molecule has 1 aliphatic heterocycles. The van der Waals surface area contributed by atoms with E-state index in [-0.39, 0.29) is 18.2 Å². The van der Waals surface area contributed by atoms with Crippen molar-refractivity contribution in [2.75, 3.05) is 26.2 Å². The topological polar surface area (TPSA) is 65.5 Å². The van der Waals surface area contributed by atoms with E-state index in [4.69, 9.17) is 0 Å². The molecule has 6 nitrogen and oxygen atoms in total. The lowest BCUT2D eigenvalue weighted by molar-refractivity contribution is -0.139. The first-order valence-electron chi connectivity index (χ1n) is 9.36. The molecule has 0 bridgehead atoms. The fraction of sp³-hybridized carbons (Fsp3) is 0.632. The number of piperazine rings is 1. The maximum absolute atomic E-state index is 12.8. The van der Waals surface area contributed by atoms with Crippen LogP contribution in [0.4, 0.5) is 0 Å². The molecule has 1 N–H and O–H groups in total. The van der Waals surface area contributed by atoms with Crippen molar-refractivity contribution in [3.63, 3.8) is 0 Å². The smallest absolute Gasteiger partial charge is 0.237 e. The highest BCUT2D eigenvalue weighted by atomic mass is 16.2. The zero-order valence-electron chi connectivity index (χ0n) is 15.0. The first-order valence-corrected chi connectivity index (χ1v) is 9.36. The van der Waals surface area contributed by atoms with Crippen molar-refractivity contribution in [1.29, 1.82) is 0 Å². The SMILES string of the molecule is CCCN(CC1CC1)C(=O)C[C@@H]1C(=O)NCCN1Cc1ccccn1. The molecular weight excluding hydrogens is 316 g/mol. The highest BCUT2D eigenvalue weighted by Crippen LogP contribution is 2.30. The van der Waals surface area contributed by atoms with Crippen molar-refractivity contribution in [3.8, 4) is 0 Å². The number of nitrogens with one attached hydrogen (secondary N) is 1. The average Bonchev–Trinajstić information content (AvgIpc) is 3.42. The Kier molecular flexibility index (Phi) is 6.02. The minimum atomic E-state index is -0.401. The fourth-order valence-corrected chi connectivity index (χ4v) is 3.37. The Bertz CT molecular complexity index is 588. The minimum Gasteiger partial charge on any atom is -0.353 e. The number of rotatable bonds is 8. The normalized spacial score (nSPS) is 21.0. The van der Waals surface area contributed by atoms with Crippen molar-refractivity contribution in [3.05, 3.63) is 30.1 Å². The summed E-state index contributed by atoms with van der Waals surface area (Å²) < 4.78 is 0. The highest BCUT2D eigenvalue weighted by molar-refractivity contribution is 5.88. The average molecular weight is 344 g/mol. The van der Waals surface area contributed by atoms with Crippen LogP contribution in [-0.4, -0.2) is 58.8 Å². The quantitative estimate of drug-likeness (QED) is 0.775. The summed E-state index contributed by atoms with van der Waals surface area (Å²) >= 11 is 0. The van der Waals surface area contributed by atoms with Crippen molar-refractivity contribution in [2.45, 2.75) is 45.2 Å². The van der Waals surface area contributed by atoms with Crippen LogP contribution in [0.25, 0.3) is 0 Å². The van der Waals surface area contributed by atoms with Gasteiger partial charge in [-0.15, -0.1) is 0 Å². The van der Waals surface area contributed by atoms with Gasteiger partial charge < -0.3 is 10.2 Å². The number of hydrogen-bond acceptors (Lipinski definition) is 4. The lowest BCUT2D eigenvalue weighted by Crippen LogP contribution is -2.56. The zero-order chi connectivity index (χ0) is 17.6. The van der Waals surface area contributed by atoms with Crippen LogP contribution in [0.3, 0.4) is 0 Å². The Morgan fingerprint density at radius 2 is 2.24 bits per heavy atom. The monoisotopic (exact) mass is 344 g/mol. The van der Waals surface area contributed by atoms with Crippen molar-refractivity contribution < 1.29 is 9.59 Å². The molecule has 1 aromatic rings. The summed E-state index contributed by atoms with van der Waals surface area (Å²) in [5.41, 5.74) is 0.929. The first-order chi connectivity index (χ1) is 12.2. The molecule has 2 fully saturated rings. The zero-order valence-corrected chi connectivity index (χ0v) is 15.0. The summed E-state index contributed by atoms with van der Waals surface area (Å²) in [7, 11) is 0. The second kappa shape index (κ2) is 8.43. The Morgan fingerprint density at radius 3 is 2.92 bits per heavy atom. The number of hydrogen-bond donors (Lipinski definition) is 1. The molecular formula is C19H28N4O2. The molecule has 0 aromatic carbocycles. The van der Waals surface area contributed by atoms with E-state index in [2.05, 4.69) is 22.1 Å². The summed E-state index contributed by atoms with van der Waals surface area (Å²) in [6.07, 6.45) is 5.42. The molecule has 25 heavy (non-hydrogen) atoms. The third kappa shape index (κ3) is 5.01. The molecule has 1 saturated carbocycles. The van der Waals surface area contributed by atoms with Crippen LogP contribution in [0.15, 0.2) is 24.4 Å². The third-order valence-electron chi connectivity index (χ3n) is 4.92. The van der Waals surface area contributed by atoms with E-state index in [0.29, 0.717) is 19.0 Å². The molecule has 0 radical (unpaired) electrons. The molecule has 1 atom stereocenters. The van der Waals surface area contributed by atoms with Gasteiger partial charge in [-0.1, -0.05) is 13.0 Å². The molecule has 0 spiro atoms. The molecule has 2 aliphatic rings. The summed E-state index contributed by atoms with van der Waals surface area (Å²) in [6.45, 7) is 5.69. The van der Waals surface area contributed by atoms with Crippen LogP contribution >= 0.6 is 0 Å². The lowest BCUT2D eigenvalue weighted by Gasteiger charge is -2.35. The van der Waals surface area contributed by atoms with Gasteiger partial charge in [0.1, 0.15) is 0 Å². The Balaban J connectivity index is 1.65. The van der Waals surface area contributed by atoms with Gasteiger partial charge in [0.15, 0.2) is 0 Å². The largest absolute Gasteiger partial charge is 0.353 e. The van der Waals surface area contributed by atoms with Gasteiger partial charge in [0, 0.05) is 38.9 Å². The van der Waals surface area contributed by atoms with Gasteiger partial charge in [0.05, 0.1) is 18.2 Å². The lowest BCUT2D eigenvalue weighted by atomic mass is 10.1. The van der Waals surface area contributed by atoms with E-state index in [1.807, 2.05) is 23.1 Å². The molecule has 1 saturated heterocycles. The van der Waals surface area contributed by atoms with Crippen LogP contribution in [-0.2, 0) is 16.1 Å². The number of amides is 2. The summed E-state index contributed by atoms with van der Waals surface area (Å²) in [4.78, 5) is 33.6.